The number of benzene rings is 1. The van der Waals surface area contributed by atoms with Crippen molar-refractivity contribution < 1.29 is 9.50 Å². The highest BCUT2D eigenvalue weighted by Crippen LogP contribution is 2.19. The van der Waals surface area contributed by atoms with Gasteiger partial charge in [0.05, 0.1) is 5.02 Å². The number of aryl methyl sites for hydroxylation is 1. The zero-order valence-electron chi connectivity index (χ0n) is 7.06. The van der Waals surface area contributed by atoms with Gasteiger partial charge in [-0.15, -0.1) is 0 Å². The summed E-state index contributed by atoms with van der Waals surface area (Å²) >= 11 is 5.79. The molecule has 0 spiro atoms. The van der Waals surface area contributed by atoms with Crippen molar-refractivity contribution in [3.63, 3.8) is 0 Å². The molecule has 0 aliphatic rings. The van der Waals surface area contributed by atoms with E-state index in [1.807, 2.05) is 0 Å². The van der Waals surface area contributed by atoms with Gasteiger partial charge in [0, 0.05) is 5.56 Å². The van der Waals surface area contributed by atoms with Crippen molar-refractivity contribution in [2.45, 2.75) is 6.92 Å². The molecule has 0 saturated carbocycles. The van der Waals surface area contributed by atoms with E-state index in [0.717, 1.165) is 0 Å². The predicted molar refractivity (Wildman–Crippen MR) is 50.1 cm³/mol. The van der Waals surface area contributed by atoms with Crippen LogP contribution in [-0.4, -0.2) is 11.7 Å². The number of aliphatic hydroxyl groups excluding tert-OH is 1. The zero-order chi connectivity index (χ0) is 9.84. The van der Waals surface area contributed by atoms with Crippen LogP contribution in [0.25, 0.3) is 0 Å². The molecule has 0 heterocycles. The lowest BCUT2D eigenvalue weighted by molar-refractivity contribution is 0.350. The van der Waals surface area contributed by atoms with Gasteiger partial charge in [0.25, 0.3) is 0 Å². The minimum atomic E-state index is -0.341. The second kappa shape index (κ2) is 4.27. The molecule has 0 unspecified atom stereocenters. The van der Waals surface area contributed by atoms with Crippen LogP contribution < -0.4 is 0 Å². The van der Waals surface area contributed by atoms with Crippen molar-refractivity contribution in [3.8, 4) is 11.8 Å². The summed E-state index contributed by atoms with van der Waals surface area (Å²) in [7, 11) is 0. The van der Waals surface area contributed by atoms with Gasteiger partial charge in [-0.1, -0.05) is 23.4 Å². The van der Waals surface area contributed by atoms with E-state index in [1.165, 1.54) is 12.1 Å². The Labute approximate surface area is 81.2 Å². The molecule has 68 valence electrons. The molecular weight excluding hydrogens is 191 g/mol. The first-order valence-corrected chi connectivity index (χ1v) is 4.08. The molecule has 0 fully saturated rings. The molecule has 0 aliphatic carbocycles. The number of halogens is 2. The van der Waals surface area contributed by atoms with Crippen molar-refractivity contribution in [1.29, 1.82) is 0 Å². The fourth-order valence-corrected chi connectivity index (χ4v) is 1.14. The summed E-state index contributed by atoms with van der Waals surface area (Å²) in [6, 6.07) is 2.78. The zero-order valence-corrected chi connectivity index (χ0v) is 7.82. The normalized spacial score (nSPS) is 9.23. The molecule has 0 saturated heterocycles. The lowest BCUT2D eigenvalue weighted by Crippen LogP contribution is -1.86. The molecule has 0 radical (unpaired) electrons. The second-order valence-electron chi connectivity index (χ2n) is 2.54. The smallest absolute Gasteiger partial charge is 0.127 e. The second-order valence-corrected chi connectivity index (χ2v) is 2.95. The van der Waals surface area contributed by atoms with Crippen molar-refractivity contribution in [3.05, 3.63) is 34.1 Å². The van der Waals surface area contributed by atoms with E-state index >= 15 is 0 Å². The maximum Gasteiger partial charge on any atom is 0.127 e. The molecule has 1 aromatic carbocycles. The van der Waals surface area contributed by atoms with Crippen LogP contribution in [0.5, 0.6) is 0 Å². The standard InChI is InChI=1S/C10H8ClFO/c1-7-5-9(11)8(3-2-4-13)6-10(7)12/h5-6,13H,4H2,1H3. The van der Waals surface area contributed by atoms with Crippen molar-refractivity contribution in [1.82, 2.24) is 0 Å². The predicted octanol–water partition coefficient (Wildman–Crippen LogP) is 2.13. The molecule has 0 aromatic heterocycles. The molecule has 0 aliphatic heterocycles. The summed E-state index contributed by atoms with van der Waals surface area (Å²) in [6.07, 6.45) is 0. The van der Waals surface area contributed by atoms with Gasteiger partial charge in [0.2, 0.25) is 0 Å². The summed E-state index contributed by atoms with van der Waals surface area (Å²) in [5.74, 6) is 4.62. The van der Waals surface area contributed by atoms with Crippen LogP contribution in [0.1, 0.15) is 11.1 Å². The van der Waals surface area contributed by atoms with Crippen molar-refractivity contribution in [2.75, 3.05) is 6.61 Å². The summed E-state index contributed by atoms with van der Waals surface area (Å²) in [6.45, 7) is 1.37. The first-order valence-electron chi connectivity index (χ1n) is 3.70. The summed E-state index contributed by atoms with van der Waals surface area (Å²) in [5.41, 5.74) is 0.887. The number of hydrogen-bond acceptors (Lipinski definition) is 1. The number of rotatable bonds is 0. The van der Waals surface area contributed by atoms with Gasteiger partial charge in [0.1, 0.15) is 12.4 Å². The van der Waals surface area contributed by atoms with Crippen LogP contribution in [0.15, 0.2) is 12.1 Å². The van der Waals surface area contributed by atoms with E-state index in [0.29, 0.717) is 16.1 Å². The Balaban J connectivity index is 3.16. The number of hydrogen-bond donors (Lipinski definition) is 1. The van der Waals surface area contributed by atoms with E-state index < -0.39 is 0 Å². The van der Waals surface area contributed by atoms with Gasteiger partial charge >= 0.3 is 0 Å². The third-order valence-corrected chi connectivity index (χ3v) is 1.86. The Morgan fingerprint density at radius 3 is 2.85 bits per heavy atom. The fraction of sp³-hybridized carbons (Fsp3) is 0.200. The van der Waals surface area contributed by atoms with E-state index in [1.54, 1.807) is 6.92 Å². The Morgan fingerprint density at radius 1 is 1.54 bits per heavy atom. The topological polar surface area (TPSA) is 20.2 Å². The fourth-order valence-electron chi connectivity index (χ4n) is 0.877. The minimum absolute atomic E-state index is 0.258. The van der Waals surface area contributed by atoms with Crippen LogP contribution in [0.4, 0.5) is 4.39 Å². The van der Waals surface area contributed by atoms with Crippen molar-refractivity contribution >= 4 is 11.6 Å². The van der Waals surface area contributed by atoms with E-state index in [4.69, 9.17) is 16.7 Å². The molecule has 1 aromatic rings. The lowest BCUT2D eigenvalue weighted by atomic mass is 10.1. The van der Waals surface area contributed by atoms with Gasteiger partial charge in [-0.25, -0.2) is 4.39 Å². The van der Waals surface area contributed by atoms with Gasteiger partial charge in [-0.3, -0.25) is 0 Å². The van der Waals surface area contributed by atoms with Gasteiger partial charge in [-0.05, 0) is 24.6 Å². The Bertz CT molecular complexity index is 376. The van der Waals surface area contributed by atoms with E-state index in [-0.39, 0.29) is 12.4 Å². The van der Waals surface area contributed by atoms with Gasteiger partial charge in [-0.2, -0.15) is 0 Å². The van der Waals surface area contributed by atoms with Gasteiger partial charge < -0.3 is 5.11 Å². The first-order chi connectivity index (χ1) is 6.15. The highest BCUT2D eigenvalue weighted by molar-refractivity contribution is 6.31. The Kier molecular flexibility index (Phi) is 3.30. The quantitative estimate of drug-likeness (QED) is 0.634. The molecular formula is C10H8ClFO. The average molecular weight is 199 g/mol. The largest absolute Gasteiger partial charge is 0.384 e. The summed E-state index contributed by atoms with van der Waals surface area (Å²) in [4.78, 5) is 0. The Hall–Kier alpha value is -1.04. The molecule has 1 rings (SSSR count). The minimum Gasteiger partial charge on any atom is -0.384 e. The first kappa shape index (κ1) is 10.0. The van der Waals surface area contributed by atoms with Crippen LogP contribution in [0.2, 0.25) is 5.02 Å². The van der Waals surface area contributed by atoms with Crippen LogP contribution >= 0.6 is 11.6 Å². The molecule has 1 N–H and O–H groups in total. The SMILES string of the molecule is Cc1cc(Cl)c(C#CCO)cc1F. The molecule has 0 atom stereocenters. The highest BCUT2D eigenvalue weighted by Gasteiger charge is 2.02. The molecule has 0 amide bonds. The summed E-state index contributed by atoms with van der Waals surface area (Å²) < 4.78 is 13.0. The maximum absolute atomic E-state index is 13.0. The molecule has 1 nitrogen and oxygen atoms in total. The average Bonchev–Trinajstić information content (AvgIpc) is 2.09. The monoisotopic (exact) mass is 198 g/mol. The van der Waals surface area contributed by atoms with Crippen molar-refractivity contribution in [2.24, 2.45) is 0 Å². The third kappa shape index (κ3) is 2.45. The van der Waals surface area contributed by atoms with Crippen LogP contribution in [0, 0.1) is 24.6 Å². The molecule has 3 heteroatoms. The third-order valence-electron chi connectivity index (χ3n) is 1.55. The highest BCUT2D eigenvalue weighted by atomic mass is 35.5. The molecule has 13 heavy (non-hydrogen) atoms. The van der Waals surface area contributed by atoms with E-state index in [2.05, 4.69) is 11.8 Å². The van der Waals surface area contributed by atoms with Gasteiger partial charge in [0.15, 0.2) is 0 Å². The van der Waals surface area contributed by atoms with Crippen LogP contribution in [0.3, 0.4) is 0 Å². The van der Waals surface area contributed by atoms with Crippen LogP contribution in [-0.2, 0) is 0 Å². The summed E-state index contributed by atoms with van der Waals surface area (Å²) in [5, 5.41) is 8.83. The number of aliphatic hydroxyl groups is 1. The Morgan fingerprint density at radius 2 is 2.23 bits per heavy atom. The van der Waals surface area contributed by atoms with E-state index in [9.17, 15) is 4.39 Å². The lowest BCUT2D eigenvalue weighted by Gasteiger charge is -1.99. The maximum atomic E-state index is 13.0. The molecule has 0 bridgehead atoms.